The van der Waals surface area contributed by atoms with Crippen molar-refractivity contribution in [3.63, 3.8) is 0 Å². The van der Waals surface area contributed by atoms with Gasteiger partial charge in [0.2, 0.25) is 0 Å². The normalized spacial score (nSPS) is 21.2. The molecule has 0 unspecified atom stereocenters. The second-order valence-electron chi connectivity index (χ2n) is 12.1. The van der Waals surface area contributed by atoms with Crippen LogP contribution in [0.15, 0.2) is 54.6 Å². The van der Waals surface area contributed by atoms with Crippen molar-refractivity contribution in [2.24, 2.45) is 11.3 Å². The van der Waals surface area contributed by atoms with Crippen molar-refractivity contribution in [1.29, 1.82) is 0 Å². The number of hydrogen-bond acceptors (Lipinski definition) is 3. The third-order valence-electron chi connectivity index (χ3n) is 8.30. The molecule has 1 spiro atoms. The van der Waals surface area contributed by atoms with Gasteiger partial charge < -0.3 is 14.6 Å². The molecule has 2 aliphatic rings. The summed E-state index contributed by atoms with van der Waals surface area (Å²) in [5.41, 5.74) is 6.22. The molecule has 4 nitrogen and oxygen atoms in total. The maximum atomic E-state index is 15.0. The summed E-state index contributed by atoms with van der Waals surface area (Å²) in [4.78, 5) is 11.7. The van der Waals surface area contributed by atoms with Crippen LogP contribution in [0.3, 0.4) is 0 Å². The molecular weight excluding hydrogens is 479 g/mol. The Labute approximate surface area is 224 Å². The Kier molecular flexibility index (Phi) is 6.85. The zero-order valence-electron chi connectivity index (χ0n) is 22.9. The van der Waals surface area contributed by atoms with Crippen LogP contribution in [0.2, 0.25) is 0 Å². The molecule has 0 aliphatic heterocycles. The van der Waals surface area contributed by atoms with Crippen LogP contribution in [-0.4, -0.2) is 18.2 Å². The standard InChI is InChI=1S/C33H37FO4/c1-20-8-13-29(34)25(15-20)24-12-9-21(16-26(24)30(37-5)32(2,3)4)19-38-23-11-10-22-7-6-14-33(27(22)17-23)18-28(33)31(35)36/h8-13,15-17,28,30H,6-7,14,18-19H2,1-5H3,(H,35,36)/t28-,30-,33-/m0/s1. The molecule has 38 heavy (non-hydrogen) atoms. The third-order valence-corrected chi connectivity index (χ3v) is 8.30. The molecular formula is C33H37FO4. The maximum Gasteiger partial charge on any atom is 0.307 e. The Balaban J connectivity index is 1.46. The van der Waals surface area contributed by atoms with Gasteiger partial charge in [0.1, 0.15) is 18.2 Å². The van der Waals surface area contributed by atoms with Gasteiger partial charge in [-0.1, -0.05) is 50.6 Å². The lowest BCUT2D eigenvalue weighted by Crippen LogP contribution is -2.21. The number of carboxylic acid groups (broad SMARTS) is 1. The van der Waals surface area contributed by atoms with E-state index in [4.69, 9.17) is 9.47 Å². The van der Waals surface area contributed by atoms with Gasteiger partial charge in [0.05, 0.1) is 12.0 Å². The number of rotatable bonds is 7. The first-order chi connectivity index (χ1) is 18.0. The number of halogens is 1. The number of ether oxygens (including phenoxy) is 2. The van der Waals surface area contributed by atoms with Crippen LogP contribution in [-0.2, 0) is 28.0 Å². The first-order valence-electron chi connectivity index (χ1n) is 13.4. The highest BCUT2D eigenvalue weighted by Gasteiger charge is 2.60. The van der Waals surface area contributed by atoms with Crippen LogP contribution in [0.4, 0.5) is 4.39 Å². The van der Waals surface area contributed by atoms with Crippen molar-refractivity contribution in [3.8, 4) is 16.9 Å². The lowest BCUT2D eigenvalue weighted by Gasteiger charge is -2.32. The van der Waals surface area contributed by atoms with Crippen molar-refractivity contribution < 1.29 is 23.8 Å². The molecule has 0 radical (unpaired) electrons. The second kappa shape index (κ2) is 9.85. The Morgan fingerprint density at radius 1 is 1.11 bits per heavy atom. The fourth-order valence-corrected chi connectivity index (χ4v) is 6.38. The van der Waals surface area contributed by atoms with Crippen LogP contribution in [0.25, 0.3) is 11.1 Å². The molecule has 1 fully saturated rings. The Morgan fingerprint density at radius 2 is 1.89 bits per heavy atom. The van der Waals surface area contributed by atoms with Gasteiger partial charge in [-0.05, 0) is 96.2 Å². The number of hydrogen-bond donors (Lipinski definition) is 1. The summed E-state index contributed by atoms with van der Waals surface area (Å²) < 4.78 is 27.2. The van der Waals surface area contributed by atoms with E-state index in [1.807, 2.05) is 31.2 Å². The summed E-state index contributed by atoms with van der Waals surface area (Å²) in [5, 5.41) is 9.64. The quantitative estimate of drug-likeness (QED) is 0.348. The van der Waals surface area contributed by atoms with Gasteiger partial charge in [0.25, 0.3) is 0 Å². The number of aliphatic carboxylic acids is 1. The number of carboxylic acids is 1. The average Bonchev–Trinajstić information content (AvgIpc) is 3.59. The molecule has 5 rings (SSSR count). The minimum Gasteiger partial charge on any atom is -0.489 e. The molecule has 0 amide bonds. The zero-order chi connectivity index (χ0) is 27.2. The van der Waals surface area contributed by atoms with E-state index in [-0.39, 0.29) is 28.7 Å². The summed E-state index contributed by atoms with van der Waals surface area (Å²) in [6, 6.07) is 17.3. The molecule has 1 saturated carbocycles. The number of carbonyl (C=O) groups is 1. The van der Waals surface area contributed by atoms with Crippen molar-refractivity contribution in [3.05, 3.63) is 88.2 Å². The lowest BCUT2D eigenvalue weighted by molar-refractivity contribution is -0.139. The van der Waals surface area contributed by atoms with Crippen molar-refractivity contribution >= 4 is 5.97 Å². The minimum absolute atomic E-state index is 0.207. The molecule has 0 saturated heterocycles. The number of methoxy groups -OCH3 is 1. The van der Waals surface area contributed by atoms with Crippen LogP contribution in [0.1, 0.15) is 74.0 Å². The summed E-state index contributed by atoms with van der Waals surface area (Å²) in [6.07, 6.45) is 3.40. The van der Waals surface area contributed by atoms with E-state index >= 15 is 0 Å². The topological polar surface area (TPSA) is 55.8 Å². The number of benzene rings is 3. The molecule has 2 aliphatic carbocycles. The minimum atomic E-state index is -0.701. The van der Waals surface area contributed by atoms with Gasteiger partial charge >= 0.3 is 5.97 Å². The van der Waals surface area contributed by atoms with Gasteiger partial charge in [0.15, 0.2) is 0 Å². The summed E-state index contributed by atoms with van der Waals surface area (Å²) in [5.74, 6) is -0.506. The largest absolute Gasteiger partial charge is 0.489 e. The van der Waals surface area contributed by atoms with Crippen molar-refractivity contribution in [2.75, 3.05) is 7.11 Å². The third kappa shape index (κ3) is 4.84. The van der Waals surface area contributed by atoms with E-state index in [0.717, 1.165) is 52.8 Å². The van der Waals surface area contributed by atoms with Gasteiger partial charge in [-0.2, -0.15) is 0 Å². The average molecular weight is 517 g/mol. The Bertz CT molecular complexity index is 1370. The van der Waals surface area contributed by atoms with E-state index in [1.165, 1.54) is 11.6 Å². The SMILES string of the molecule is CO[C@@H](c1cc(COc2ccc3c(c2)[C@]2(CCC3)C[C@H]2C(=O)O)ccc1-c1cc(C)ccc1F)C(C)(C)C. The first kappa shape index (κ1) is 26.4. The zero-order valence-corrected chi connectivity index (χ0v) is 22.9. The van der Waals surface area contributed by atoms with E-state index < -0.39 is 5.97 Å². The van der Waals surface area contributed by atoms with Gasteiger partial charge in [-0.3, -0.25) is 4.79 Å². The monoisotopic (exact) mass is 516 g/mol. The number of fused-ring (bicyclic) bond motifs is 2. The highest BCUT2D eigenvalue weighted by atomic mass is 19.1. The summed E-state index contributed by atoms with van der Waals surface area (Å²) >= 11 is 0. The van der Waals surface area contributed by atoms with Crippen LogP contribution < -0.4 is 4.74 Å². The molecule has 5 heteroatoms. The smallest absolute Gasteiger partial charge is 0.307 e. The van der Waals surface area contributed by atoms with Crippen LogP contribution in [0, 0.1) is 24.1 Å². The number of aryl methyl sites for hydroxylation is 2. The molecule has 0 aromatic heterocycles. The van der Waals surface area contributed by atoms with E-state index in [0.29, 0.717) is 18.6 Å². The van der Waals surface area contributed by atoms with Gasteiger partial charge in [-0.15, -0.1) is 0 Å². The molecule has 0 heterocycles. The first-order valence-corrected chi connectivity index (χ1v) is 13.4. The van der Waals surface area contributed by atoms with Crippen molar-refractivity contribution in [1.82, 2.24) is 0 Å². The lowest BCUT2D eigenvalue weighted by atomic mass is 9.78. The Hall–Kier alpha value is -3.18. The predicted molar refractivity (Wildman–Crippen MR) is 147 cm³/mol. The molecule has 3 aromatic carbocycles. The molecule has 3 aromatic rings. The summed E-state index contributed by atoms with van der Waals surface area (Å²) in [6.45, 7) is 8.66. The maximum absolute atomic E-state index is 15.0. The predicted octanol–water partition coefficient (Wildman–Crippen LogP) is 7.79. The molecule has 200 valence electrons. The van der Waals surface area contributed by atoms with Gasteiger partial charge in [0, 0.05) is 18.1 Å². The highest BCUT2D eigenvalue weighted by Crippen LogP contribution is 2.60. The fourth-order valence-electron chi connectivity index (χ4n) is 6.38. The molecule has 3 atom stereocenters. The fraction of sp³-hybridized carbons (Fsp3) is 0.424. The van der Waals surface area contributed by atoms with Crippen LogP contribution in [0.5, 0.6) is 5.75 Å². The molecule has 1 N–H and O–H groups in total. The van der Waals surface area contributed by atoms with E-state index in [2.05, 4.69) is 39.0 Å². The van der Waals surface area contributed by atoms with Crippen molar-refractivity contribution in [2.45, 2.75) is 71.5 Å². The molecule has 0 bridgehead atoms. The van der Waals surface area contributed by atoms with E-state index in [9.17, 15) is 14.3 Å². The van der Waals surface area contributed by atoms with Crippen LogP contribution >= 0.6 is 0 Å². The van der Waals surface area contributed by atoms with E-state index in [1.54, 1.807) is 13.2 Å². The summed E-state index contributed by atoms with van der Waals surface area (Å²) in [7, 11) is 1.70. The second-order valence-corrected chi connectivity index (χ2v) is 12.1. The Morgan fingerprint density at radius 3 is 2.58 bits per heavy atom. The highest BCUT2D eigenvalue weighted by molar-refractivity contribution is 5.78. The van der Waals surface area contributed by atoms with Gasteiger partial charge in [-0.25, -0.2) is 4.39 Å².